The van der Waals surface area contributed by atoms with E-state index in [4.69, 9.17) is 9.47 Å². The van der Waals surface area contributed by atoms with Crippen LogP contribution in [-0.4, -0.2) is 24.9 Å². The molecule has 3 nitrogen and oxygen atoms in total. The van der Waals surface area contributed by atoms with E-state index in [2.05, 4.69) is 31.2 Å². The fraction of sp³-hybridized carbons (Fsp3) is 0.474. The first kappa shape index (κ1) is 31.8. The molecule has 1 N–H and O–H groups in total. The molecule has 4 heteroatoms. The number of halogens is 1. The van der Waals surface area contributed by atoms with Crippen LogP contribution in [0.1, 0.15) is 95.6 Å². The second-order valence-corrected chi connectivity index (χ2v) is 12.1. The molecule has 4 rings (SSSR count). The van der Waals surface area contributed by atoms with Crippen LogP contribution >= 0.6 is 0 Å². The summed E-state index contributed by atoms with van der Waals surface area (Å²) in [7, 11) is 0. The van der Waals surface area contributed by atoms with Crippen molar-refractivity contribution in [1.82, 2.24) is 0 Å². The minimum Gasteiger partial charge on any atom is -0.498 e. The maximum absolute atomic E-state index is 15.5. The molecule has 3 aromatic carbocycles. The van der Waals surface area contributed by atoms with Crippen molar-refractivity contribution in [2.24, 2.45) is 5.92 Å². The number of unbranched alkanes of at least 4 members (excludes halogenated alkanes) is 2. The topological polar surface area (TPSA) is 38.7 Å². The normalized spacial score (nSPS) is 16.7. The molecule has 1 fully saturated rings. The van der Waals surface area contributed by atoms with Gasteiger partial charge in [0, 0.05) is 12.2 Å². The zero-order valence-corrected chi connectivity index (χ0v) is 25.8. The monoisotopic (exact) mass is 572 g/mol. The van der Waals surface area contributed by atoms with Crippen molar-refractivity contribution in [3.8, 4) is 28.0 Å². The lowest BCUT2D eigenvalue weighted by atomic mass is 9.77. The number of ether oxygens (including phenoxy) is 2. The number of benzene rings is 3. The highest BCUT2D eigenvalue weighted by Gasteiger charge is 2.22. The maximum atomic E-state index is 15.5. The molecule has 0 bridgehead atoms. The van der Waals surface area contributed by atoms with Crippen molar-refractivity contribution in [1.29, 1.82) is 0 Å². The highest BCUT2D eigenvalue weighted by Crippen LogP contribution is 2.39. The molecular weight excluding hydrogens is 523 g/mol. The van der Waals surface area contributed by atoms with E-state index in [1.807, 2.05) is 44.2 Å². The van der Waals surface area contributed by atoms with Gasteiger partial charge in [0.25, 0.3) is 0 Å². The lowest BCUT2D eigenvalue weighted by Gasteiger charge is -2.29. The molecule has 0 radical (unpaired) electrons. The summed E-state index contributed by atoms with van der Waals surface area (Å²) >= 11 is 0. The molecule has 3 aromatic rings. The van der Waals surface area contributed by atoms with Crippen LogP contribution in [0.5, 0.6) is 5.75 Å². The number of hydrogen-bond donors (Lipinski definition) is 1. The fourth-order valence-corrected chi connectivity index (χ4v) is 6.10. The molecule has 1 saturated carbocycles. The Kier molecular flexibility index (Phi) is 12.5. The number of allylic oxidation sites excluding steroid dienone is 1. The summed E-state index contributed by atoms with van der Waals surface area (Å²) in [5.74, 6) is 2.01. The predicted molar refractivity (Wildman–Crippen MR) is 172 cm³/mol. The summed E-state index contributed by atoms with van der Waals surface area (Å²) in [5.41, 5.74) is 6.75. The molecule has 42 heavy (non-hydrogen) atoms. The van der Waals surface area contributed by atoms with Gasteiger partial charge in [0.2, 0.25) is 0 Å². The van der Waals surface area contributed by atoms with Crippen LogP contribution in [-0.2, 0) is 11.2 Å². The second kappa shape index (κ2) is 16.5. The molecule has 226 valence electrons. The Hall–Kier alpha value is -3.11. The van der Waals surface area contributed by atoms with Crippen molar-refractivity contribution in [2.45, 2.75) is 90.9 Å². The Morgan fingerprint density at radius 3 is 2.29 bits per heavy atom. The Labute approximate surface area is 252 Å². The quantitative estimate of drug-likeness (QED) is 0.145. The van der Waals surface area contributed by atoms with Gasteiger partial charge >= 0.3 is 0 Å². The van der Waals surface area contributed by atoms with Crippen LogP contribution in [0.25, 0.3) is 22.3 Å². The molecule has 0 amide bonds. The van der Waals surface area contributed by atoms with Gasteiger partial charge in [-0.3, -0.25) is 0 Å². The number of hydrogen-bond acceptors (Lipinski definition) is 3. The first-order chi connectivity index (χ1) is 20.5. The lowest BCUT2D eigenvalue weighted by molar-refractivity contribution is 0.176. The third-order valence-electron chi connectivity index (χ3n) is 8.51. The third kappa shape index (κ3) is 9.19. The zero-order valence-electron chi connectivity index (χ0n) is 25.8. The Morgan fingerprint density at radius 1 is 0.857 bits per heavy atom. The van der Waals surface area contributed by atoms with Crippen LogP contribution in [0.3, 0.4) is 0 Å². The van der Waals surface area contributed by atoms with E-state index in [0.29, 0.717) is 43.3 Å². The second-order valence-electron chi connectivity index (χ2n) is 12.1. The first-order valence-corrected chi connectivity index (χ1v) is 16.0. The van der Waals surface area contributed by atoms with E-state index >= 15 is 4.39 Å². The summed E-state index contributed by atoms with van der Waals surface area (Å²) in [4.78, 5) is 0. The van der Waals surface area contributed by atoms with Gasteiger partial charge in [-0.05, 0) is 110 Å². The summed E-state index contributed by atoms with van der Waals surface area (Å²) in [6, 6.07) is 20.1. The van der Waals surface area contributed by atoms with Crippen molar-refractivity contribution in [3.05, 3.63) is 89.4 Å². The lowest BCUT2D eigenvalue weighted by Crippen LogP contribution is -2.13. The molecule has 0 heterocycles. The highest BCUT2D eigenvalue weighted by molar-refractivity contribution is 5.72. The summed E-state index contributed by atoms with van der Waals surface area (Å²) in [6.45, 7) is 7.16. The number of rotatable bonds is 15. The van der Waals surface area contributed by atoms with Crippen molar-refractivity contribution in [3.63, 3.8) is 0 Å². The molecule has 1 aliphatic rings. The number of aryl methyl sites for hydroxylation is 1. The van der Waals surface area contributed by atoms with E-state index in [1.165, 1.54) is 56.9 Å². The molecule has 0 saturated heterocycles. The Morgan fingerprint density at radius 2 is 1.60 bits per heavy atom. The number of aliphatic hydroxyl groups is 1. The minimum atomic E-state index is -0.251. The Bertz CT molecular complexity index is 1270. The molecule has 0 spiro atoms. The van der Waals surface area contributed by atoms with E-state index in [9.17, 15) is 5.11 Å². The van der Waals surface area contributed by atoms with E-state index < -0.39 is 0 Å². The van der Waals surface area contributed by atoms with Gasteiger partial charge in [-0.15, -0.1) is 0 Å². The van der Waals surface area contributed by atoms with Crippen LogP contribution in [0.4, 0.5) is 4.39 Å². The highest BCUT2D eigenvalue weighted by atomic mass is 19.1. The zero-order chi connectivity index (χ0) is 29.7. The predicted octanol–water partition coefficient (Wildman–Crippen LogP) is 10.3. The van der Waals surface area contributed by atoms with Gasteiger partial charge in [0.15, 0.2) is 0 Å². The van der Waals surface area contributed by atoms with Gasteiger partial charge in [-0.2, -0.15) is 0 Å². The molecule has 1 aliphatic carbocycles. The smallest absolute Gasteiger partial charge is 0.131 e. The fourth-order valence-electron chi connectivity index (χ4n) is 6.10. The van der Waals surface area contributed by atoms with Crippen molar-refractivity contribution < 1.29 is 19.0 Å². The van der Waals surface area contributed by atoms with Gasteiger partial charge in [-0.25, -0.2) is 4.39 Å². The minimum absolute atomic E-state index is 0.113. The first-order valence-electron chi connectivity index (χ1n) is 16.0. The third-order valence-corrected chi connectivity index (χ3v) is 8.51. The van der Waals surface area contributed by atoms with Gasteiger partial charge in [-0.1, -0.05) is 81.1 Å². The van der Waals surface area contributed by atoms with Gasteiger partial charge in [0.05, 0.1) is 6.26 Å². The average Bonchev–Trinajstić information content (AvgIpc) is 3.00. The molecular formula is C38H49FO3. The standard InChI is InChI=1S/C38H49FO3/c1-4-5-6-8-29-10-12-30(13-11-29)31-14-16-32(17-15-31)34-20-21-36(37(39)25-34)35-19-18-33(9-7-22-40)38(26-35)42-24-23-41-27-28(2)3/h14-21,25-27,29-30,40H,4-13,22-24H2,1-3H3. The summed E-state index contributed by atoms with van der Waals surface area (Å²) in [6.07, 6.45) is 13.8. The van der Waals surface area contributed by atoms with Crippen LogP contribution in [0.2, 0.25) is 0 Å². The van der Waals surface area contributed by atoms with Gasteiger partial charge < -0.3 is 14.6 Å². The molecule has 0 unspecified atom stereocenters. The van der Waals surface area contributed by atoms with Crippen molar-refractivity contribution >= 4 is 0 Å². The van der Waals surface area contributed by atoms with Crippen molar-refractivity contribution in [2.75, 3.05) is 19.8 Å². The van der Waals surface area contributed by atoms with E-state index in [1.54, 1.807) is 12.3 Å². The van der Waals surface area contributed by atoms with Crippen LogP contribution in [0, 0.1) is 11.7 Å². The van der Waals surface area contributed by atoms with Crippen LogP contribution < -0.4 is 4.74 Å². The van der Waals surface area contributed by atoms with E-state index in [0.717, 1.165) is 33.7 Å². The SMILES string of the molecule is CCCCCC1CCC(c2ccc(-c3ccc(-c4ccc(CCCO)c(OCCOC=C(C)C)c4)c(F)c3)cc2)CC1. The summed E-state index contributed by atoms with van der Waals surface area (Å²) < 4.78 is 27.0. The Balaban J connectivity index is 1.42. The molecule has 0 atom stereocenters. The molecule has 0 aliphatic heterocycles. The van der Waals surface area contributed by atoms with Gasteiger partial charge in [0.1, 0.15) is 24.8 Å². The largest absolute Gasteiger partial charge is 0.498 e. The van der Waals surface area contributed by atoms with Crippen LogP contribution in [0.15, 0.2) is 72.5 Å². The molecule has 0 aromatic heterocycles. The average molecular weight is 573 g/mol. The summed E-state index contributed by atoms with van der Waals surface area (Å²) in [5, 5.41) is 9.31. The maximum Gasteiger partial charge on any atom is 0.131 e. The number of aliphatic hydroxyl groups excluding tert-OH is 1. The van der Waals surface area contributed by atoms with E-state index in [-0.39, 0.29) is 12.4 Å².